The molecule has 0 amide bonds. The highest BCUT2D eigenvalue weighted by atomic mass is 35.5. The van der Waals surface area contributed by atoms with Gasteiger partial charge < -0.3 is 0 Å². The van der Waals surface area contributed by atoms with E-state index in [1.165, 1.54) is 31.2 Å². The molecule has 16 heavy (non-hydrogen) atoms. The number of halogens is 1. The Hall–Kier alpha value is -0.210. The van der Waals surface area contributed by atoms with Crippen LogP contribution in [0.5, 0.6) is 0 Å². The van der Waals surface area contributed by atoms with Gasteiger partial charge >= 0.3 is 0 Å². The van der Waals surface area contributed by atoms with Gasteiger partial charge in [0.15, 0.2) is 0 Å². The van der Waals surface area contributed by atoms with E-state index in [1.807, 2.05) is 6.07 Å². The van der Waals surface area contributed by atoms with Crippen molar-refractivity contribution in [3.05, 3.63) is 29.0 Å². The molecule has 1 aromatic heterocycles. The maximum Gasteiger partial charge on any atom is 0.129 e. The zero-order valence-electron chi connectivity index (χ0n) is 9.66. The Balaban J connectivity index is 1.82. The summed E-state index contributed by atoms with van der Waals surface area (Å²) in [5.41, 5.74) is 1.29. The summed E-state index contributed by atoms with van der Waals surface area (Å²) in [7, 11) is 0. The summed E-state index contributed by atoms with van der Waals surface area (Å²) >= 11 is 7.95. The van der Waals surface area contributed by atoms with Crippen molar-refractivity contribution < 1.29 is 0 Å². The van der Waals surface area contributed by atoms with Gasteiger partial charge in [0, 0.05) is 17.2 Å². The van der Waals surface area contributed by atoms with Crippen molar-refractivity contribution in [2.24, 2.45) is 5.92 Å². The molecule has 2 rings (SSSR count). The van der Waals surface area contributed by atoms with Crippen molar-refractivity contribution in [3.63, 3.8) is 0 Å². The summed E-state index contributed by atoms with van der Waals surface area (Å²) in [5, 5.41) is 1.45. The molecule has 88 valence electrons. The average molecular weight is 256 g/mol. The van der Waals surface area contributed by atoms with Gasteiger partial charge in [-0.1, -0.05) is 31.4 Å². The number of thioether (sulfide) groups is 1. The molecule has 1 saturated carbocycles. The molecule has 1 aliphatic carbocycles. The minimum Gasteiger partial charge on any atom is -0.245 e. The molecular weight excluding hydrogens is 238 g/mol. The Labute approximate surface area is 107 Å². The van der Waals surface area contributed by atoms with E-state index in [0.29, 0.717) is 5.15 Å². The number of hydrogen-bond donors (Lipinski definition) is 0. The molecule has 1 fully saturated rings. The summed E-state index contributed by atoms with van der Waals surface area (Å²) < 4.78 is 0. The molecule has 1 aliphatic rings. The fourth-order valence-corrected chi connectivity index (χ4v) is 3.88. The zero-order valence-corrected chi connectivity index (χ0v) is 11.2. The molecule has 0 aromatic carbocycles. The number of aromatic nitrogens is 1. The lowest BCUT2D eigenvalue weighted by Crippen LogP contribution is -2.15. The molecule has 1 aromatic rings. The Kier molecular flexibility index (Phi) is 4.54. The molecule has 1 heterocycles. The lowest BCUT2D eigenvalue weighted by atomic mass is 9.91. The third-order valence-electron chi connectivity index (χ3n) is 3.16. The summed E-state index contributed by atoms with van der Waals surface area (Å²) in [6, 6.07) is 4.03. The van der Waals surface area contributed by atoms with Crippen molar-refractivity contribution in [3.8, 4) is 0 Å². The van der Waals surface area contributed by atoms with Crippen LogP contribution in [0.1, 0.15) is 38.2 Å². The van der Waals surface area contributed by atoms with Gasteiger partial charge in [-0.05, 0) is 36.5 Å². The summed E-state index contributed by atoms with van der Waals surface area (Å²) in [5.74, 6) is 1.98. The molecule has 2 atom stereocenters. The van der Waals surface area contributed by atoms with E-state index in [4.69, 9.17) is 11.6 Å². The van der Waals surface area contributed by atoms with Crippen LogP contribution in [0.2, 0.25) is 5.15 Å². The smallest absolute Gasteiger partial charge is 0.129 e. The van der Waals surface area contributed by atoms with Gasteiger partial charge in [-0.3, -0.25) is 0 Å². The number of pyridine rings is 1. The quantitative estimate of drug-likeness (QED) is 0.735. The van der Waals surface area contributed by atoms with E-state index < -0.39 is 0 Å². The van der Waals surface area contributed by atoms with Crippen LogP contribution in [-0.2, 0) is 5.75 Å². The van der Waals surface area contributed by atoms with Crippen molar-refractivity contribution in [1.29, 1.82) is 0 Å². The lowest BCUT2D eigenvalue weighted by molar-refractivity contribution is 0.394. The topological polar surface area (TPSA) is 12.9 Å². The largest absolute Gasteiger partial charge is 0.245 e. The fourth-order valence-electron chi connectivity index (χ4n) is 2.28. The van der Waals surface area contributed by atoms with Crippen LogP contribution in [0.3, 0.4) is 0 Å². The first-order chi connectivity index (χ1) is 7.74. The molecule has 0 aliphatic heterocycles. The van der Waals surface area contributed by atoms with Gasteiger partial charge in [0.1, 0.15) is 5.15 Å². The van der Waals surface area contributed by atoms with Gasteiger partial charge in [-0.2, -0.15) is 11.8 Å². The Bertz CT molecular complexity index is 342. The first kappa shape index (κ1) is 12.3. The van der Waals surface area contributed by atoms with E-state index in [1.54, 1.807) is 6.20 Å². The van der Waals surface area contributed by atoms with Crippen LogP contribution < -0.4 is 0 Å². The van der Waals surface area contributed by atoms with Crippen LogP contribution in [0.25, 0.3) is 0 Å². The number of rotatable bonds is 3. The zero-order chi connectivity index (χ0) is 11.4. The van der Waals surface area contributed by atoms with Crippen LogP contribution in [-0.4, -0.2) is 10.2 Å². The van der Waals surface area contributed by atoms with E-state index in [2.05, 4.69) is 29.7 Å². The second-order valence-electron chi connectivity index (χ2n) is 4.69. The van der Waals surface area contributed by atoms with Crippen molar-refractivity contribution in [1.82, 2.24) is 4.98 Å². The monoisotopic (exact) mass is 255 g/mol. The van der Waals surface area contributed by atoms with E-state index in [9.17, 15) is 0 Å². The Morgan fingerprint density at radius 3 is 3.12 bits per heavy atom. The molecule has 1 nitrogen and oxygen atoms in total. The second-order valence-corrected chi connectivity index (χ2v) is 6.37. The molecular formula is C13H18ClNS. The summed E-state index contributed by atoms with van der Waals surface area (Å²) in [6.07, 6.45) is 7.37. The van der Waals surface area contributed by atoms with Crippen molar-refractivity contribution >= 4 is 23.4 Å². The molecule has 0 bridgehead atoms. The lowest BCUT2D eigenvalue weighted by Gasteiger charge is -2.26. The first-order valence-electron chi connectivity index (χ1n) is 5.96. The maximum atomic E-state index is 5.87. The van der Waals surface area contributed by atoms with Gasteiger partial charge in [0.05, 0.1) is 0 Å². The highest BCUT2D eigenvalue weighted by Gasteiger charge is 2.18. The highest BCUT2D eigenvalue weighted by molar-refractivity contribution is 7.99. The second kappa shape index (κ2) is 5.92. The van der Waals surface area contributed by atoms with Gasteiger partial charge in [-0.25, -0.2) is 4.98 Å². The Morgan fingerprint density at radius 2 is 2.38 bits per heavy atom. The summed E-state index contributed by atoms with van der Waals surface area (Å²) in [6.45, 7) is 2.37. The molecule has 0 N–H and O–H groups in total. The van der Waals surface area contributed by atoms with Crippen LogP contribution in [0.15, 0.2) is 18.3 Å². The maximum absolute atomic E-state index is 5.87. The molecule has 2 unspecified atom stereocenters. The van der Waals surface area contributed by atoms with E-state index in [-0.39, 0.29) is 0 Å². The molecule has 0 spiro atoms. The van der Waals surface area contributed by atoms with E-state index >= 15 is 0 Å². The average Bonchev–Trinajstić information content (AvgIpc) is 2.27. The highest BCUT2D eigenvalue weighted by Crippen LogP contribution is 2.33. The van der Waals surface area contributed by atoms with Crippen molar-refractivity contribution in [2.75, 3.05) is 0 Å². The van der Waals surface area contributed by atoms with Crippen LogP contribution in [0, 0.1) is 5.92 Å². The number of nitrogens with zero attached hydrogens (tertiary/aromatic N) is 1. The van der Waals surface area contributed by atoms with Gasteiger partial charge in [-0.15, -0.1) is 0 Å². The van der Waals surface area contributed by atoms with Gasteiger partial charge in [0.2, 0.25) is 0 Å². The standard InChI is InChI=1S/C13H18ClNS/c1-10-3-2-4-12(7-10)16-9-11-5-6-15-13(14)8-11/h5-6,8,10,12H,2-4,7,9H2,1H3. The molecule has 0 saturated heterocycles. The third-order valence-corrected chi connectivity index (χ3v) is 4.77. The molecule has 3 heteroatoms. The third kappa shape index (κ3) is 3.67. The van der Waals surface area contributed by atoms with Crippen LogP contribution in [0.4, 0.5) is 0 Å². The minimum atomic E-state index is 0.607. The Morgan fingerprint density at radius 1 is 1.50 bits per heavy atom. The van der Waals surface area contributed by atoms with Crippen molar-refractivity contribution in [2.45, 2.75) is 43.6 Å². The first-order valence-corrected chi connectivity index (χ1v) is 7.39. The van der Waals surface area contributed by atoms with Gasteiger partial charge in [0.25, 0.3) is 0 Å². The summed E-state index contributed by atoms with van der Waals surface area (Å²) in [4.78, 5) is 4.00. The van der Waals surface area contributed by atoms with E-state index in [0.717, 1.165) is 16.9 Å². The minimum absolute atomic E-state index is 0.607. The van der Waals surface area contributed by atoms with Crippen LogP contribution >= 0.6 is 23.4 Å². The predicted molar refractivity (Wildman–Crippen MR) is 72.0 cm³/mol. The normalized spacial score (nSPS) is 25.6. The number of hydrogen-bond acceptors (Lipinski definition) is 2. The molecule has 0 radical (unpaired) electrons. The SMILES string of the molecule is CC1CCCC(SCc2ccnc(Cl)c2)C1. The fraction of sp³-hybridized carbons (Fsp3) is 0.615. The predicted octanol–water partition coefficient (Wildman–Crippen LogP) is 4.55.